The van der Waals surface area contributed by atoms with Crippen molar-refractivity contribution in [1.29, 1.82) is 0 Å². The van der Waals surface area contributed by atoms with Gasteiger partial charge in [-0.25, -0.2) is 9.97 Å². The molecule has 0 aromatic carbocycles. The van der Waals surface area contributed by atoms with E-state index < -0.39 is 0 Å². The van der Waals surface area contributed by atoms with Crippen LogP contribution in [-0.4, -0.2) is 21.8 Å². The zero-order valence-corrected chi connectivity index (χ0v) is 17.1. The Labute approximate surface area is 176 Å². The van der Waals surface area contributed by atoms with E-state index in [1.807, 2.05) is 36.4 Å². The number of nitrogens with zero attached hydrogens (tertiary/aromatic N) is 2. The number of amides is 2. The monoisotopic (exact) mass is 404 g/mol. The second-order valence-electron chi connectivity index (χ2n) is 9.84. The maximum absolute atomic E-state index is 12.8. The molecule has 4 saturated carbocycles. The fraction of sp³-hybridized carbons (Fsp3) is 0.500. The number of nitrogens with one attached hydrogen (secondary N) is 2. The van der Waals surface area contributed by atoms with E-state index in [9.17, 15) is 9.59 Å². The Kier molecular flexibility index (Phi) is 4.80. The van der Waals surface area contributed by atoms with Gasteiger partial charge in [0.25, 0.3) is 0 Å². The van der Waals surface area contributed by atoms with Crippen LogP contribution < -0.4 is 10.6 Å². The third kappa shape index (κ3) is 3.95. The lowest BCUT2D eigenvalue weighted by atomic mass is 9.43. The van der Waals surface area contributed by atoms with Crippen molar-refractivity contribution in [1.82, 2.24) is 9.97 Å². The van der Waals surface area contributed by atoms with Crippen LogP contribution in [0.5, 0.6) is 0 Å². The lowest BCUT2D eigenvalue weighted by Gasteiger charge is -2.62. The molecule has 2 aromatic heterocycles. The fourth-order valence-corrected chi connectivity index (χ4v) is 6.99. The van der Waals surface area contributed by atoms with Crippen LogP contribution in [-0.2, 0) is 9.59 Å². The summed E-state index contributed by atoms with van der Waals surface area (Å²) in [5.41, 5.74) is 0.0441. The minimum atomic E-state index is 0.0220. The first kappa shape index (κ1) is 19.2. The van der Waals surface area contributed by atoms with Crippen LogP contribution in [0.15, 0.2) is 48.8 Å². The van der Waals surface area contributed by atoms with Crippen molar-refractivity contribution in [3.63, 3.8) is 0 Å². The molecule has 0 aliphatic heterocycles. The Bertz CT molecular complexity index is 843. The highest BCUT2D eigenvalue weighted by Gasteiger charge is 2.58. The summed E-state index contributed by atoms with van der Waals surface area (Å²) in [7, 11) is 0. The average molecular weight is 405 g/mol. The topological polar surface area (TPSA) is 84.0 Å². The highest BCUT2D eigenvalue weighted by atomic mass is 16.2. The molecular weight excluding hydrogens is 376 g/mol. The second kappa shape index (κ2) is 7.49. The molecule has 0 spiro atoms. The molecule has 2 N–H and O–H groups in total. The summed E-state index contributed by atoms with van der Waals surface area (Å²) in [6.07, 6.45) is 11.1. The third-order valence-corrected chi connectivity index (χ3v) is 7.24. The van der Waals surface area contributed by atoms with Crippen LogP contribution in [0.1, 0.15) is 51.4 Å². The van der Waals surface area contributed by atoms with Crippen molar-refractivity contribution in [2.45, 2.75) is 51.4 Å². The summed E-state index contributed by atoms with van der Waals surface area (Å²) in [6.45, 7) is 0. The number of rotatable bonds is 6. The van der Waals surface area contributed by atoms with Gasteiger partial charge < -0.3 is 10.6 Å². The molecule has 6 heteroatoms. The molecule has 2 aromatic rings. The van der Waals surface area contributed by atoms with Crippen molar-refractivity contribution in [2.24, 2.45) is 22.7 Å². The molecule has 2 amide bonds. The molecule has 4 aliphatic carbocycles. The highest BCUT2D eigenvalue weighted by Crippen LogP contribution is 2.67. The first-order chi connectivity index (χ1) is 14.5. The molecule has 30 heavy (non-hydrogen) atoms. The predicted molar refractivity (Wildman–Crippen MR) is 115 cm³/mol. The Morgan fingerprint density at radius 1 is 0.800 bits per heavy atom. The van der Waals surface area contributed by atoms with E-state index in [4.69, 9.17) is 0 Å². The number of hydrogen-bond acceptors (Lipinski definition) is 4. The van der Waals surface area contributed by atoms with Crippen LogP contribution in [0, 0.1) is 22.7 Å². The first-order valence-corrected chi connectivity index (χ1v) is 10.9. The molecule has 4 aliphatic rings. The predicted octanol–water partition coefficient (Wildman–Crippen LogP) is 4.42. The Morgan fingerprint density at radius 3 is 1.67 bits per heavy atom. The zero-order chi connectivity index (χ0) is 20.6. The van der Waals surface area contributed by atoms with E-state index >= 15 is 0 Å². The van der Waals surface area contributed by atoms with Gasteiger partial charge in [-0.05, 0) is 85.5 Å². The number of carbonyl (C=O) groups is 2. The summed E-state index contributed by atoms with van der Waals surface area (Å²) in [6, 6.07) is 11.1. The van der Waals surface area contributed by atoms with Gasteiger partial charge in [-0.2, -0.15) is 0 Å². The van der Waals surface area contributed by atoms with Crippen molar-refractivity contribution >= 4 is 23.5 Å². The molecule has 4 bridgehead atoms. The lowest BCUT2D eigenvalue weighted by Crippen LogP contribution is -2.53. The lowest BCUT2D eigenvalue weighted by molar-refractivity contribution is -0.142. The summed E-state index contributed by atoms with van der Waals surface area (Å²) in [5.74, 6) is 2.58. The fourth-order valence-electron chi connectivity index (χ4n) is 6.99. The largest absolute Gasteiger partial charge is 0.311 e. The van der Waals surface area contributed by atoms with Gasteiger partial charge in [0.1, 0.15) is 11.6 Å². The van der Waals surface area contributed by atoms with Crippen LogP contribution in [0.3, 0.4) is 0 Å². The molecule has 0 unspecified atom stereocenters. The highest BCUT2D eigenvalue weighted by molar-refractivity contribution is 5.91. The van der Waals surface area contributed by atoms with Crippen molar-refractivity contribution < 1.29 is 9.59 Å². The second-order valence-corrected chi connectivity index (χ2v) is 9.84. The van der Waals surface area contributed by atoms with E-state index in [2.05, 4.69) is 20.6 Å². The standard InChI is InChI=1S/C24H28N4O2/c29-21(27-19-5-1-3-7-25-19)14-23-10-17-9-18(11-23)13-24(12-17,16-23)15-22(30)28-20-6-2-4-8-26-20/h1-8,17-18H,9-16H2,(H,25,27,29)(H,26,28,30). The van der Waals surface area contributed by atoms with Crippen molar-refractivity contribution in [3.8, 4) is 0 Å². The van der Waals surface area contributed by atoms with E-state index in [0.717, 1.165) is 32.1 Å². The number of hydrogen-bond donors (Lipinski definition) is 2. The molecule has 0 saturated heterocycles. The molecular formula is C24H28N4O2. The minimum absolute atomic E-state index is 0.0220. The van der Waals surface area contributed by atoms with Gasteiger partial charge in [-0.1, -0.05) is 12.1 Å². The maximum atomic E-state index is 12.8. The van der Waals surface area contributed by atoms with Crippen molar-refractivity contribution in [3.05, 3.63) is 48.8 Å². The van der Waals surface area contributed by atoms with Gasteiger partial charge in [0.2, 0.25) is 11.8 Å². The Balaban J connectivity index is 1.28. The minimum Gasteiger partial charge on any atom is -0.311 e. The van der Waals surface area contributed by atoms with Crippen LogP contribution >= 0.6 is 0 Å². The zero-order valence-electron chi connectivity index (χ0n) is 17.1. The third-order valence-electron chi connectivity index (χ3n) is 7.24. The number of anilines is 2. The van der Waals surface area contributed by atoms with Crippen LogP contribution in [0.25, 0.3) is 0 Å². The number of pyridine rings is 2. The Hall–Kier alpha value is -2.76. The van der Waals surface area contributed by atoms with Crippen LogP contribution in [0.2, 0.25) is 0 Å². The van der Waals surface area contributed by atoms with Gasteiger partial charge in [-0.3, -0.25) is 9.59 Å². The van der Waals surface area contributed by atoms with E-state index in [0.29, 0.717) is 36.3 Å². The summed E-state index contributed by atoms with van der Waals surface area (Å²) in [5, 5.41) is 5.93. The summed E-state index contributed by atoms with van der Waals surface area (Å²) < 4.78 is 0. The van der Waals surface area contributed by atoms with E-state index in [1.54, 1.807) is 12.4 Å². The molecule has 2 heterocycles. The number of carbonyl (C=O) groups excluding carboxylic acids is 2. The van der Waals surface area contributed by atoms with Gasteiger partial charge in [0, 0.05) is 25.2 Å². The molecule has 0 atom stereocenters. The first-order valence-electron chi connectivity index (χ1n) is 10.9. The smallest absolute Gasteiger partial charge is 0.226 e. The molecule has 6 rings (SSSR count). The molecule has 156 valence electrons. The Morgan fingerprint density at radius 2 is 1.27 bits per heavy atom. The van der Waals surface area contributed by atoms with Gasteiger partial charge in [0.15, 0.2) is 0 Å². The van der Waals surface area contributed by atoms with E-state index in [-0.39, 0.29) is 22.6 Å². The maximum Gasteiger partial charge on any atom is 0.226 e. The van der Waals surface area contributed by atoms with Crippen molar-refractivity contribution in [2.75, 3.05) is 10.6 Å². The quantitative estimate of drug-likeness (QED) is 0.746. The van der Waals surface area contributed by atoms with Gasteiger partial charge in [-0.15, -0.1) is 0 Å². The van der Waals surface area contributed by atoms with Gasteiger partial charge in [0.05, 0.1) is 0 Å². The summed E-state index contributed by atoms with van der Waals surface area (Å²) >= 11 is 0. The molecule has 6 nitrogen and oxygen atoms in total. The van der Waals surface area contributed by atoms with Gasteiger partial charge >= 0.3 is 0 Å². The normalized spacial score (nSPS) is 31.3. The SMILES string of the molecule is O=C(CC12CC3CC(C1)CC(CC(=O)Nc1ccccn1)(C3)C2)Nc1ccccn1. The van der Waals surface area contributed by atoms with E-state index in [1.165, 1.54) is 6.42 Å². The van der Waals surface area contributed by atoms with Crippen LogP contribution in [0.4, 0.5) is 11.6 Å². The summed E-state index contributed by atoms with van der Waals surface area (Å²) in [4.78, 5) is 34.1. The average Bonchev–Trinajstić information content (AvgIpc) is 2.67. The molecule has 4 fully saturated rings. The molecule has 0 radical (unpaired) electrons. The number of aromatic nitrogens is 2.